The van der Waals surface area contributed by atoms with E-state index in [0.29, 0.717) is 12.5 Å². The molecule has 0 aliphatic heterocycles. The summed E-state index contributed by atoms with van der Waals surface area (Å²) in [5.41, 5.74) is 1.03. The smallest absolute Gasteiger partial charge is 0.309 e. The van der Waals surface area contributed by atoms with Crippen LogP contribution in [-0.2, 0) is 16.1 Å². The SMILES string of the molecule is C[C@@H]1CC[C@H](C(=O)OCc2ccc(Br)cc2)C1. The van der Waals surface area contributed by atoms with Gasteiger partial charge in [0.2, 0.25) is 0 Å². The van der Waals surface area contributed by atoms with Crippen LogP contribution in [0.15, 0.2) is 28.7 Å². The lowest BCUT2D eigenvalue weighted by atomic mass is 10.1. The minimum Gasteiger partial charge on any atom is -0.461 e. The van der Waals surface area contributed by atoms with Gasteiger partial charge in [-0.2, -0.15) is 0 Å². The molecule has 1 aromatic rings. The van der Waals surface area contributed by atoms with Crippen molar-refractivity contribution in [3.05, 3.63) is 34.3 Å². The predicted molar refractivity (Wildman–Crippen MR) is 70.4 cm³/mol. The average molecular weight is 297 g/mol. The maximum Gasteiger partial charge on any atom is 0.309 e. The molecule has 0 radical (unpaired) electrons. The van der Waals surface area contributed by atoms with Crippen molar-refractivity contribution < 1.29 is 9.53 Å². The normalized spacial score (nSPS) is 23.6. The number of halogens is 1. The van der Waals surface area contributed by atoms with E-state index >= 15 is 0 Å². The van der Waals surface area contributed by atoms with Gasteiger partial charge in [-0.1, -0.05) is 35.0 Å². The van der Waals surface area contributed by atoms with Gasteiger partial charge in [0.25, 0.3) is 0 Å². The zero-order chi connectivity index (χ0) is 12.3. The van der Waals surface area contributed by atoms with Gasteiger partial charge in [0.15, 0.2) is 0 Å². The van der Waals surface area contributed by atoms with Gasteiger partial charge < -0.3 is 4.74 Å². The molecule has 3 heteroatoms. The van der Waals surface area contributed by atoms with E-state index in [0.717, 1.165) is 29.3 Å². The Morgan fingerprint density at radius 2 is 2.06 bits per heavy atom. The Bertz CT molecular complexity index is 386. The molecule has 2 nitrogen and oxygen atoms in total. The highest BCUT2D eigenvalue weighted by Gasteiger charge is 2.28. The second-order valence-corrected chi connectivity index (χ2v) is 5.77. The fourth-order valence-electron chi connectivity index (χ4n) is 2.27. The third-order valence-corrected chi connectivity index (χ3v) is 3.85. The van der Waals surface area contributed by atoms with Crippen LogP contribution in [0.3, 0.4) is 0 Å². The Kier molecular flexibility index (Phi) is 4.21. The lowest BCUT2D eigenvalue weighted by Crippen LogP contribution is -2.14. The van der Waals surface area contributed by atoms with Crippen molar-refractivity contribution in [2.75, 3.05) is 0 Å². The van der Waals surface area contributed by atoms with Gasteiger partial charge in [0, 0.05) is 4.47 Å². The molecule has 2 atom stereocenters. The molecule has 2 rings (SSSR count). The topological polar surface area (TPSA) is 26.3 Å². The van der Waals surface area contributed by atoms with Crippen molar-refractivity contribution in [3.8, 4) is 0 Å². The van der Waals surface area contributed by atoms with E-state index in [1.807, 2.05) is 24.3 Å². The lowest BCUT2D eigenvalue weighted by Gasteiger charge is -2.10. The van der Waals surface area contributed by atoms with Gasteiger partial charge >= 0.3 is 5.97 Å². The predicted octanol–water partition coefficient (Wildman–Crippen LogP) is 3.93. The molecule has 1 aliphatic carbocycles. The number of carbonyl (C=O) groups excluding carboxylic acids is 1. The van der Waals surface area contributed by atoms with Crippen molar-refractivity contribution in [1.82, 2.24) is 0 Å². The Morgan fingerprint density at radius 3 is 2.65 bits per heavy atom. The van der Waals surface area contributed by atoms with Crippen LogP contribution in [0.4, 0.5) is 0 Å². The molecule has 1 aliphatic rings. The van der Waals surface area contributed by atoms with Gasteiger partial charge in [0.1, 0.15) is 6.61 Å². The van der Waals surface area contributed by atoms with Crippen molar-refractivity contribution in [1.29, 1.82) is 0 Å². The summed E-state index contributed by atoms with van der Waals surface area (Å²) in [6, 6.07) is 7.85. The maximum absolute atomic E-state index is 11.8. The molecule has 0 N–H and O–H groups in total. The van der Waals surface area contributed by atoms with E-state index in [1.165, 1.54) is 0 Å². The summed E-state index contributed by atoms with van der Waals surface area (Å²) in [5, 5.41) is 0. The minimum atomic E-state index is -0.0303. The van der Waals surface area contributed by atoms with Crippen LogP contribution in [0.1, 0.15) is 31.7 Å². The highest BCUT2D eigenvalue weighted by molar-refractivity contribution is 9.10. The van der Waals surface area contributed by atoms with E-state index in [4.69, 9.17) is 4.74 Å². The lowest BCUT2D eigenvalue weighted by molar-refractivity contribution is -0.149. The summed E-state index contributed by atoms with van der Waals surface area (Å²) in [5.74, 6) is 0.762. The fourth-order valence-corrected chi connectivity index (χ4v) is 2.54. The van der Waals surface area contributed by atoms with Crippen LogP contribution < -0.4 is 0 Å². The molecule has 0 heterocycles. The first kappa shape index (κ1) is 12.6. The number of rotatable bonds is 3. The second kappa shape index (κ2) is 5.67. The zero-order valence-electron chi connectivity index (χ0n) is 9.99. The van der Waals surface area contributed by atoms with Crippen LogP contribution in [0.25, 0.3) is 0 Å². The van der Waals surface area contributed by atoms with E-state index in [2.05, 4.69) is 22.9 Å². The number of hydrogen-bond acceptors (Lipinski definition) is 2. The van der Waals surface area contributed by atoms with E-state index in [1.54, 1.807) is 0 Å². The van der Waals surface area contributed by atoms with Gasteiger partial charge in [-0.05, 0) is 42.9 Å². The highest BCUT2D eigenvalue weighted by atomic mass is 79.9. The second-order valence-electron chi connectivity index (χ2n) is 4.85. The molecule has 1 saturated carbocycles. The summed E-state index contributed by atoms with van der Waals surface area (Å²) < 4.78 is 6.39. The summed E-state index contributed by atoms with van der Waals surface area (Å²) in [7, 11) is 0. The minimum absolute atomic E-state index is 0.0303. The molecule has 1 fully saturated rings. The maximum atomic E-state index is 11.8. The number of carbonyl (C=O) groups is 1. The number of hydrogen-bond donors (Lipinski definition) is 0. The van der Waals surface area contributed by atoms with Crippen molar-refractivity contribution >= 4 is 21.9 Å². The molecule has 92 valence electrons. The van der Waals surface area contributed by atoms with Crippen LogP contribution in [0, 0.1) is 11.8 Å². The largest absolute Gasteiger partial charge is 0.461 e. The molecule has 0 bridgehead atoms. The van der Waals surface area contributed by atoms with E-state index in [9.17, 15) is 4.79 Å². The number of benzene rings is 1. The fraction of sp³-hybridized carbons (Fsp3) is 0.500. The third kappa shape index (κ3) is 3.56. The van der Waals surface area contributed by atoms with E-state index < -0.39 is 0 Å². The van der Waals surface area contributed by atoms with E-state index in [-0.39, 0.29) is 11.9 Å². The first-order chi connectivity index (χ1) is 8.15. The number of ether oxygens (including phenoxy) is 1. The molecule has 0 saturated heterocycles. The van der Waals surface area contributed by atoms with Crippen LogP contribution >= 0.6 is 15.9 Å². The van der Waals surface area contributed by atoms with Crippen LogP contribution in [0.5, 0.6) is 0 Å². The first-order valence-electron chi connectivity index (χ1n) is 6.06. The van der Waals surface area contributed by atoms with Crippen LogP contribution in [0.2, 0.25) is 0 Å². The van der Waals surface area contributed by atoms with Crippen LogP contribution in [-0.4, -0.2) is 5.97 Å². The Balaban J connectivity index is 1.82. The molecule has 0 unspecified atom stereocenters. The summed E-state index contributed by atoms with van der Waals surface area (Å²) in [4.78, 5) is 11.8. The van der Waals surface area contributed by atoms with Crippen molar-refractivity contribution in [2.24, 2.45) is 11.8 Å². The molecular formula is C14H17BrO2. The zero-order valence-corrected chi connectivity index (χ0v) is 11.6. The quantitative estimate of drug-likeness (QED) is 0.790. The summed E-state index contributed by atoms with van der Waals surface area (Å²) in [6.45, 7) is 2.58. The molecular weight excluding hydrogens is 280 g/mol. The Hall–Kier alpha value is -0.830. The van der Waals surface area contributed by atoms with Crippen molar-refractivity contribution in [3.63, 3.8) is 0 Å². The monoisotopic (exact) mass is 296 g/mol. The first-order valence-corrected chi connectivity index (χ1v) is 6.85. The number of esters is 1. The van der Waals surface area contributed by atoms with Gasteiger partial charge in [-0.3, -0.25) is 4.79 Å². The molecule has 0 aromatic heterocycles. The average Bonchev–Trinajstić information content (AvgIpc) is 2.75. The molecule has 17 heavy (non-hydrogen) atoms. The summed E-state index contributed by atoms with van der Waals surface area (Å²) in [6.07, 6.45) is 3.12. The molecule has 0 amide bonds. The Morgan fingerprint density at radius 1 is 1.35 bits per heavy atom. The standard InChI is InChI=1S/C14H17BrO2/c1-10-2-5-12(8-10)14(16)17-9-11-3-6-13(15)7-4-11/h3-4,6-7,10,12H,2,5,8-9H2,1H3/t10-,12+/m1/s1. The highest BCUT2D eigenvalue weighted by Crippen LogP contribution is 2.31. The van der Waals surface area contributed by atoms with Crippen molar-refractivity contribution in [2.45, 2.75) is 32.8 Å². The Labute approximate surface area is 110 Å². The molecule has 1 aromatic carbocycles. The van der Waals surface area contributed by atoms with Gasteiger partial charge in [-0.15, -0.1) is 0 Å². The summed E-state index contributed by atoms with van der Waals surface area (Å²) >= 11 is 3.38. The third-order valence-electron chi connectivity index (χ3n) is 3.32. The van der Waals surface area contributed by atoms with Gasteiger partial charge in [-0.25, -0.2) is 0 Å². The van der Waals surface area contributed by atoms with Gasteiger partial charge in [0.05, 0.1) is 5.92 Å². The molecule has 0 spiro atoms.